The van der Waals surface area contributed by atoms with E-state index in [-0.39, 0.29) is 12.5 Å². The molecule has 112 valence electrons. The van der Waals surface area contributed by atoms with Crippen molar-refractivity contribution in [2.24, 2.45) is 0 Å². The van der Waals surface area contributed by atoms with Gasteiger partial charge in [0, 0.05) is 16.6 Å². The van der Waals surface area contributed by atoms with Gasteiger partial charge in [-0.15, -0.1) is 10.2 Å². The number of hydrogen-bond donors (Lipinski definition) is 1. The van der Waals surface area contributed by atoms with Crippen molar-refractivity contribution < 1.29 is 4.79 Å². The summed E-state index contributed by atoms with van der Waals surface area (Å²) in [6, 6.07) is 7.80. The largest absolute Gasteiger partial charge is 0.324 e. The molecule has 0 spiro atoms. The third kappa shape index (κ3) is 3.20. The van der Waals surface area contributed by atoms with Gasteiger partial charge in [-0.05, 0) is 42.1 Å². The first-order chi connectivity index (χ1) is 10.6. The summed E-state index contributed by atoms with van der Waals surface area (Å²) >= 11 is 1.57. The van der Waals surface area contributed by atoms with Crippen molar-refractivity contribution >= 4 is 22.9 Å². The zero-order chi connectivity index (χ0) is 15.5. The van der Waals surface area contributed by atoms with E-state index in [1.165, 1.54) is 4.80 Å². The lowest BCUT2D eigenvalue weighted by Gasteiger charge is -2.08. The Labute approximate surface area is 131 Å². The number of tetrazole rings is 1. The van der Waals surface area contributed by atoms with Gasteiger partial charge < -0.3 is 5.32 Å². The first-order valence-electron chi connectivity index (χ1n) is 6.79. The van der Waals surface area contributed by atoms with Crippen molar-refractivity contribution in [3.8, 4) is 11.4 Å². The van der Waals surface area contributed by atoms with E-state index >= 15 is 0 Å². The van der Waals surface area contributed by atoms with Gasteiger partial charge >= 0.3 is 0 Å². The van der Waals surface area contributed by atoms with Gasteiger partial charge in [-0.25, -0.2) is 0 Å². The summed E-state index contributed by atoms with van der Waals surface area (Å²) in [6.07, 6.45) is 0. The molecule has 0 radical (unpaired) electrons. The molecular formula is C15H15N5OS. The molecule has 2 aromatic heterocycles. The highest BCUT2D eigenvalue weighted by atomic mass is 32.1. The summed E-state index contributed by atoms with van der Waals surface area (Å²) < 4.78 is 0. The molecule has 0 aliphatic carbocycles. The number of amides is 1. The minimum Gasteiger partial charge on any atom is -0.324 e. The van der Waals surface area contributed by atoms with Gasteiger partial charge in [0.15, 0.2) is 0 Å². The van der Waals surface area contributed by atoms with Crippen LogP contribution in [0, 0.1) is 13.8 Å². The highest BCUT2D eigenvalue weighted by Crippen LogP contribution is 2.17. The van der Waals surface area contributed by atoms with Crippen LogP contribution in [-0.2, 0) is 11.3 Å². The van der Waals surface area contributed by atoms with E-state index in [0.717, 1.165) is 22.4 Å². The first kappa shape index (κ1) is 14.4. The SMILES string of the molecule is Cc1ccc(NC(=O)Cn2nnc(-c3ccsc3)n2)c(C)c1. The maximum absolute atomic E-state index is 12.1. The zero-order valence-electron chi connectivity index (χ0n) is 12.3. The molecule has 1 aromatic carbocycles. The summed E-state index contributed by atoms with van der Waals surface area (Å²) in [5.74, 6) is 0.349. The molecule has 6 nitrogen and oxygen atoms in total. The second-order valence-corrected chi connectivity index (χ2v) is 5.80. The Morgan fingerprint density at radius 1 is 1.32 bits per heavy atom. The molecule has 0 unspecified atom stereocenters. The number of carbonyl (C=O) groups is 1. The molecule has 0 atom stereocenters. The van der Waals surface area contributed by atoms with Crippen molar-refractivity contribution in [2.75, 3.05) is 5.32 Å². The number of rotatable bonds is 4. The Morgan fingerprint density at radius 2 is 2.18 bits per heavy atom. The quantitative estimate of drug-likeness (QED) is 0.803. The normalized spacial score (nSPS) is 10.6. The molecular weight excluding hydrogens is 298 g/mol. The molecule has 1 N–H and O–H groups in total. The summed E-state index contributed by atoms with van der Waals surface area (Å²) in [5, 5.41) is 18.8. The Morgan fingerprint density at radius 3 is 2.91 bits per heavy atom. The van der Waals surface area contributed by atoms with E-state index in [4.69, 9.17) is 0 Å². The van der Waals surface area contributed by atoms with Crippen molar-refractivity contribution in [2.45, 2.75) is 20.4 Å². The molecule has 0 aliphatic heterocycles. The van der Waals surface area contributed by atoms with E-state index in [9.17, 15) is 4.79 Å². The van der Waals surface area contributed by atoms with Crippen LogP contribution in [0.5, 0.6) is 0 Å². The van der Waals surface area contributed by atoms with Crippen LogP contribution in [-0.4, -0.2) is 26.1 Å². The van der Waals surface area contributed by atoms with E-state index in [1.807, 2.05) is 48.9 Å². The lowest BCUT2D eigenvalue weighted by molar-refractivity contribution is -0.117. The van der Waals surface area contributed by atoms with Crippen molar-refractivity contribution in [1.29, 1.82) is 0 Å². The van der Waals surface area contributed by atoms with E-state index in [2.05, 4.69) is 20.7 Å². The average molecular weight is 313 g/mol. The van der Waals surface area contributed by atoms with Crippen LogP contribution in [0.2, 0.25) is 0 Å². The molecule has 3 aromatic rings. The van der Waals surface area contributed by atoms with Crippen molar-refractivity contribution in [3.05, 3.63) is 46.2 Å². The van der Waals surface area contributed by atoms with Gasteiger partial charge in [-0.1, -0.05) is 17.7 Å². The van der Waals surface area contributed by atoms with Crippen molar-refractivity contribution in [3.63, 3.8) is 0 Å². The molecule has 0 bridgehead atoms. The van der Waals surface area contributed by atoms with Gasteiger partial charge in [0.25, 0.3) is 0 Å². The highest BCUT2D eigenvalue weighted by molar-refractivity contribution is 7.08. The maximum Gasteiger partial charge on any atom is 0.248 e. The highest BCUT2D eigenvalue weighted by Gasteiger charge is 2.10. The second kappa shape index (κ2) is 6.07. The fraction of sp³-hybridized carbons (Fsp3) is 0.200. The van der Waals surface area contributed by atoms with Crippen LogP contribution in [0.15, 0.2) is 35.0 Å². The summed E-state index contributed by atoms with van der Waals surface area (Å²) in [6.45, 7) is 4.01. The van der Waals surface area contributed by atoms with Gasteiger partial charge in [0.05, 0.1) is 0 Å². The van der Waals surface area contributed by atoms with Gasteiger partial charge in [0.2, 0.25) is 11.7 Å². The summed E-state index contributed by atoms with van der Waals surface area (Å²) in [4.78, 5) is 13.4. The molecule has 0 saturated carbocycles. The Hall–Kier alpha value is -2.54. The smallest absolute Gasteiger partial charge is 0.248 e. The number of nitrogens with zero attached hydrogens (tertiary/aromatic N) is 4. The first-order valence-corrected chi connectivity index (χ1v) is 7.73. The molecule has 0 saturated heterocycles. The lowest BCUT2D eigenvalue weighted by Crippen LogP contribution is -2.21. The summed E-state index contributed by atoms with van der Waals surface area (Å²) in [5.41, 5.74) is 3.90. The summed E-state index contributed by atoms with van der Waals surface area (Å²) in [7, 11) is 0. The molecule has 0 aliphatic rings. The minimum absolute atomic E-state index is 0.0322. The number of aromatic nitrogens is 4. The number of aryl methyl sites for hydroxylation is 2. The van der Waals surface area contributed by atoms with Crippen LogP contribution in [0.3, 0.4) is 0 Å². The Kier molecular flexibility index (Phi) is 3.97. The van der Waals surface area contributed by atoms with Gasteiger partial charge in [-0.3, -0.25) is 4.79 Å². The molecule has 7 heteroatoms. The number of nitrogens with one attached hydrogen (secondary N) is 1. The fourth-order valence-electron chi connectivity index (χ4n) is 2.09. The number of carbonyl (C=O) groups excluding carboxylic acids is 1. The molecule has 0 fully saturated rings. The van der Waals surface area contributed by atoms with Crippen LogP contribution < -0.4 is 5.32 Å². The number of benzene rings is 1. The van der Waals surface area contributed by atoms with Gasteiger partial charge in [-0.2, -0.15) is 16.1 Å². The average Bonchev–Trinajstić information content (AvgIpc) is 3.12. The van der Waals surface area contributed by atoms with Crippen LogP contribution in [0.4, 0.5) is 5.69 Å². The fourth-order valence-corrected chi connectivity index (χ4v) is 2.72. The number of thiophene rings is 1. The second-order valence-electron chi connectivity index (χ2n) is 5.02. The molecule has 3 rings (SSSR count). The monoisotopic (exact) mass is 313 g/mol. The van der Waals surface area contributed by atoms with Crippen LogP contribution in [0.1, 0.15) is 11.1 Å². The third-order valence-electron chi connectivity index (χ3n) is 3.17. The number of anilines is 1. The third-order valence-corrected chi connectivity index (χ3v) is 3.86. The molecule has 22 heavy (non-hydrogen) atoms. The van der Waals surface area contributed by atoms with Crippen molar-refractivity contribution in [1.82, 2.24) is 20.2 Å². The predicted octanol–water partition coefficient (Wildman–Crippen LogP) is 2.66. The van der Waals surface area contributed by atoms with Gasteiger partial charge in [0.1, 0.15) is 6.54 Å². The Balaban J connectivity index is 1.67. The topological polar surface area (TPSA) is 72.7 Å². The van der Waals surface area contributed by atoms with E-state index in [0.29, 0.717) is 5.82 Å². The standard InChI is InChI=1S/C15H15N5OS/c1-10-3-4-13(11(2)7-10)16-14(21)8-20-18-15(17-19-20)12-5-6-22-9-12/h3-7,9H,8H2,1-2H3,(H,16,21). The molecule has 2 heterocycles. The minimum atomic E-state index is -0.179. The molecule has 1 amide bonds. The van der Waals surface area contributed by atoms with Crippen LogP contribution >= 0.6 is 11.3 Å². The van der Waals surface area contributed by atoms with Crippen LogP contribution in [0.25, 0.3) is 11.4 Å². The maximum atomic E-state index is 12.1. The predicted molar refractivity (Wildman–Crippen MR) is 85.7 cm³/mol. The lowest BCUT2D eigenvalue weighted by atomic mass is 10.1. The zero-order valence-corrected chi connectivity index (χ0v) is 13.1. The van der Waals surface area contributed by atoms with E-state index < -0.39 is 0 Å². The number of hydrogen-bond acceptors (Lipinski definition) is 5. The Bertz CT molecular complexity index is 794. The van der Waals surface area contributed by atoms with E-state index in [1.54, 1.807) is 11.3 Å².